The molecule has 0 aromatic heterocycles. The molecule has 106 valence electrons. The van der Waals surface area contributed by atoms with Gasteiger partial charge in [0.15, 0.2) is 0 Å². The number of hydrogen-bond acceptors (Lipinski definition) is 4. The minimum absolute atomic E-state index is 0.118. The van der Waals surface area contributed by atoms with Gasteiger partial charge in [0.2, 0.25) is 15.9 Å². The molecule has 19 heavy (non-hydrogen) atoms. The number of amides is 1. The summed E-state index contributed by atoms with van der Waals surface area (Å²) in [4.78, 5) is 11.1. The zero-order valence-electron chi connectivity index (χ0n) is 10.8. The van der Waals surface area contributed by atoms with E-state index >= 15 is 0 Å². The molecule has 0 aliphatic rings. The molecule has 6 nitrogen and oxygen atoms in total. The predicted octanol–water partition coefficient (Wildman–Crippen LogP) is 0.129. The molecule has 0 radical (unpaired) electrons. The average molecular weight is 289 g/mol. The number of carbonyl (C=O) groups excluding carboxylic acids is 1. The standard InChI is InChI=1S/C11H16FN3O3S/c1-6-4-8(5-9(13)10(6)12)19(17,18)15-7(2)11(16)14-3/h4-5,7,15H,13H2,1-3H3,(H,14,16). The van der Waals surface area contributed by atoms with E-state index in [2.05, 4.69) is 10.0 Å². The molecule has 1 amide bonds. The fraction of sp³-hybridized carbons (Fsp3) is 0.364. The summed E-state index contributed by atoms with van der Waals surface area (Å²) in [5, 5.41) is 2.32. The van der Waals surface area contributed by atoms with E-state index in [1.54, 1.807) is 0 Å². The zero-order chi connectivity index (χ0) is 14.8. The van der Waals surface area contributed by atoms with Crippen LogP contribution in [0.2, 0.25) is 0 Å². The summed E-state index contributed by atoms with van der Waals surface area (Å²) in [5.41, 5.74) is 5.25. The first-order valence-corrected chi connectivity index (χ1v) is 6.97. The van der Waals surface area contributed by atoms with Gasteiger partial charge in [-0.3, -0.25) is 4.79 Å². The lowest BCUT2D eigenvalue weighted by Gasteiger charge is -2.14. The Morgan fingerprint density at radius 2 is 2.00 bits per heavy atom. The van der Waals surface area contributed by atoms with Crippen LogP contribution in [0, 0.1) is 12.7 Å². The minimum Gasteiger partial charge on any atom is -0.396 e. The Hall–Kier alpha value is -1.67. The maximum absolute atomic E-state index is 13.3. The van der Waals surface area contributed by atoms with Gasteiger partial charge in [-0.2, -0.15) is 4.72 Å². The molecule has 8 heteroatoms. The average Bonchev–Trinajstić information content (AvgIpc) is 2.33. The van der Waals surface area contributed by atoms with Gasteiger partial charge < -0.3 is 11.1 Å². The van der Waals surface area contributed by atoms with Gasteiger partial charge in [0.25, 0.3) is 0 Å². The number of halogens is 1. The first-order chi connectivity index (χ1) is 8.69. The third kappa shape index (κ3) is 3.42. The van der Waals surface area contributed by atoms with Crippen molar-refractivity contribution in [2.24, 2.45) is 0 Å². The van der Waals surface area contributed by atoms with E-state index in [0.29, 0.717) is 0 Å². The van der Waals surface area contributed by atoms with Gasteiger partial charge in [0.05, 0.1) is 16.6 Å². The predicted molar refractivity (Wildman–Crippen MR) is 69.4 cm³/mol. The normalized spacial score (nSPS) is 13.1. The van der Waals surface area contributed by atoms with E-state index in [4.69, 9.17) is 5.73 Å². The largest absolute Gasteiger partial charge is 0.396 e. The van der Waals surface area contributed by atoms with Crippen molar-refractivity contribution in [3.63, 3.8) is 0 Å². The number of hydrogen-bond donors (Lipinski definition) is 3. The monoisotopic (exact) mass is 289 g/mol. The van der Waals surface area contributed by atoms with Crippen LogP contribution >= 0.6 is 0 Å². The lowest BCUT2D eigenvalue weighted by Crippen LogP contribution is -2.43. The summed E-state index contributed by atoms with van der Waals surface area (Å²) in [7, 11) is -2.54. The van der Waals surface area contributed by atoms with Gasteiger partial charge in [0.1, 0.15) is 5.82 Å². The zero-order valence-corrected chi connectivity index (χ0v) is 11.6. The fourth-order valence-corrected chi connectivity index (χ4v) is 2.81. The van der Waals surface area contributed by atoms with Gasteiger partial charge in [0, 0.05) is 7.05 Å². The summed E-state index contributed by atoms with van der Waals surface area (Å²) in [6.07, 6.45) is 0. The molecule has 0 saturated heterocycles. The first-order valence-electron chi connectivity index (χ1n) is 5.48. The maximum Gasteiger partial charge on any atom is 0.241 e. The number of aryl methyl sites for hydroxylation is 1. The number of rotatable bonds is 4. The number of benzene rings is 1. The van der Waals surface area contributed by atoms with Gasteiger partial charge >= 0.3 is 0 Å². The van der Waals surface area contributed by atoms with Gasteiger partial charge in [-0.15, -0.1) is 0 Å². The van der Waals surface area contributed by atoms with Crippen LogP contribution in [0.4, 0.5) is 10.1 Å². The number of sulfonamides is 1. The Kier molecular flexibility index (Phi) is 4.48. The summed E-state index contributed by atoms with van der Waals surface area (Å²) < 4.78 is 39.5. The molecule has 0 spiro atoms. The van der Waals surface area contributed by atoms with Crippen molar-refractivity contribution in [2.45, 2.75) is 24.8 Å². The van der Waals surface area contributed by atoms with Crippen molar-refractivity contribution in [1.29, 1.82) is 0 Å². The molecule has 1 aromatic rings. The number of nitrogen functional groups attached to an aromatic ring is 1. The topological polar surface area (TPSA) is 101 Å². The third-order valence-corrected chi connectivity index (χ3v) is 4.06. The maximum atomic E-state index is 13.3. The van der Waals surface area contributed by atoms with Crippen molar-refractivity contribution >= 4 is 21.6 Å². The van der Waals surface area contributed by atoms with Crippen molar-refractivity contribution in [1.82, 2.24) is 10.0 Å². The van der Waals surface area contributed by atoms with Crippen molar-refractivity contribution in [3.05, 3.63) is 23.5 Å². The molecular weight excluding hydrogens is 273 g/mol. The van der Waals surface area contributed by atoms with Crippen LogP contribution in [0.25, 0.3) is 0 Å². The van der Waals surface area contributed by atoms with E-state index in [-0.39, 0.29) is 16.1 Å². The number of anilines is 1. The van der Waals surface area contributed by atoms with Crippen LogP contribution in [-0.2, 0) is 14.8 Å². The molecule has 1 aromatic carbocycles. The smallest absolute Gasteiger partial charge is 0.241 e. The molecule has 1 atom stereocenters. The van der Waals surface area contributed by atoms with Gasteiger partial charge in [-0.05, 0) is 31.5 Å². The second kappa shape index (κ2) is 5.54. The second-order valence-electron chi connectivity index (χ2n) is 4.10. The van der Waals surface area contributed by atoms with E-state index < -0.39 is 27.8 Å². The van der Waals surface area contributed by atoms with E-state index in [0.717, 1.165) is 12.1 Å². The molecule has 4 N–H and O–H groups in total. The van der Waals surface area contributed by atoms with E-state index in [9.17, 15) is 17.6 Å². The van der Waals surface area contributed by atoms with Crippen LogP contribution in [0.3, 0.4) is 0 Å². The lowest BCUT2D eigenvalue weighted by molar-refractivity contribution is -0.121. The Bertz CT molecular complexity index is 578. The molecular formula is C11H16FN3O3S. The second-order valence-corrected chi connectivity index (χ2v) is 5.81. The molecule has 1 rings (SSSR count). The Labute approximate surface area is 111 Å². The Morgan fingerprint density at radius 1 is 1.42 bits per heavy atom. The Balaban J connectivity index is 3.11. The highest BCUT2D eigenvalue weighted by Crippen LogP contribution is 2.20. The first kappa shape index (κ1) is 15.4. The summed E-state index contributed by atoms with van der Waals surface area (Å²) in [6.45, 7) is 2.81. The van der Waals surface area contributed by atoms with Crippen molar-refractivity contribution in [2.75, 3.05) is 12.8 Å². The number of nitrogens with one attached hydrogen (secondary N) is 2. The van der Waals surface area contributed by atoms with Crippen LogP contribution < -0.4 is 15.8 Å². The molecule has 0 bridgehead atoms. The SMILES string of the molecule is CNC(=O)C(C)NS(=O)(=O)c1cc(C)c(F)c(N)c1. The molecule has 0 aliphatic carbocycles. The number of likely N-dealkylation sites (N-methyl/N-ethyl adjacent to an activating group) is 1. The van der Waals surface area contributed by atoms with Crippen LogP contribution in [-0.4, -0.2) is 27.4 Å². The molecule has 0 fully saturated rings. The molecule has 1 unspecified atom stereocenters. The minimum atomic E-state index is -3.93. The molecule has 0 heterocycles. The van der Waals surface area contributed by atoms with E-state index in [1.165, 1.54) is 20.9 Å². The third-order valence-electron chi connectivity index (χ3n) is 2.54. The summed E-state index contributed by atoms with van der Waals surface area (Å²) in [6, 6.07) is 1.23. The number of carbonyl (C=O) groups is 1. The van der Waals surface area contributed by atoms with Crippen LogP contribution in [0.1, 0.15) is 12.5 Å². The van der Waals surface area contributed by atoms with Crippen molar-refractivity contribution < 1.29 is 17.6 Å². The molecule has 0 saturated carbocycles. The molecule has 0 aliphatic heterocycles. The highest BCUT2D eigenvalue weighted by molar-refractivity contribution is 7.89. The highest BCUT2D eigenvalue weighted by atomic mass is 32.2. The van der Waals surface area contributed by atoms with Gasteiger partial charge in [-0.1, -0.05) is 0 Å². The van der Waals surface area contributed by atoms with Crippen molar-refractivity contribution in [3.8, 4) is 0 Å². The lowest BCUT2D eigenvalue weighted by atomic mass is 10.2. The number of nitrogens with two attached hydrogens (primary N) is 1. The van der Waals surface area contributed by atoms with E-state index in [1.807, 2.05) is 0 Å². The van der Waals surface area contributed by atoms with Crippen LogP contribution in [0.5, 0.6) is 0 Å². The summed E-state index contributed by atoms with van der Waals surface area (Å²) in [5.74, 6) is -1.13. The quantitative estimate of drug-likeness (QED) is 0.686. The Morgan fingerprint density at radius 3 is 2.47 bits per heavy atom. The highest BCUT2D eigenvalue weighted by Gasteiger charge is 2.22. The van der Waals surface area contributed by atoms with Gasteiger partial charge in [-0.25, -0.2) is 12.8 Å². The fourth-order valence-electron chi connectivity index (χ4n) is 1.49. The van der Waals surface area contributed by atoms with Crippen LogP contribution in [0.15, 0.2) is 17.0 Å². The summed E-state index contributed by atoms with van der Waals surface area (Å²) >= 11 is 0.